The Morgan fingerprint density at radius 2 is 1.83 bits per heavy atom. The Bertz CT molecular complexity index is 342. The molecular weight excluding hydrogens is 248 g/mol. The number of nitrogens with one attached hydrogen (secondary N) is 2. The summed E-state index contributed by atoms with van der Waals surface area (Å²) in [5.74, 6) is -3.53. The van der Waals surface area contributed by atoms with Crippen molar-refractivity contribution in [1.82, 2.24) is 10.6 Å². The summed E-state index contributed by atoms with van der Waals surface area (Å²) < 4.78 is 4.52. The number of carboxylic acid groups (broad SMARTS) is 2. The summed E-state index contributed by atoms with van der Waals surface area (Å²) >= 11 is 0. The molecule has 0 aromatic carbocycles. The second-order valence-electron chi connectivity index (χ2n) is 3.12. The van der Waals surface area contributed by atoms with Crippen LogP contribution in [-0.2, 0) is 19.1 Å². The fraction of sp³-hybridized carbons (Fsp3) is 0.556. The Balaban J connectivity index is 4.14. The molecule has 0 heterocycles. The molecule has 1 atom stereocenters. The van der Waals surface area contributed by atoms with E-state index in [4.69, 9.17) is 10.2 Å². The summed E-state index contributed by atoms with van der Waals surface area (Å²) in [6, 6.07) is -2.53. The molecule has 0 aliphatic heterocycles. The minimum absolute atomic E-state index is 0.152. The molecular formula is C9H14N2O7. The highest BCUT2D eigenvalue weighted by atomic mass is 16.5. The van der Waals surface area contributed by atoms with Crippen molar-refractivity contribution in [1.29, 1.82) is 0 Å². The van der Waals surface area contributed by atoms with Crippen LogP contribution in [0.25, 0.3) is 0 Å². The van der Waals surface area contributed by atoms with Gasteiger partial charge in [-0.1, -0.05) is 0 Å². The number of hydrogen-bond donors (Lipinski definition) is 4. The lowest BCUT2D eigenvalue weighted by Gasteiger charge is -2.12. The molecule has 9 nitrogen and oxygen atoms in total. The molecule has 0 aromatic heterocycles. The third kappa shape index (κ3) is 7.04. The molecule has 0 rings (SSSR count). The number of rotatable bonds is 7. The minimum atomic E-state index is -1.57. The van der Waals surface area contributed by atoms with Crippen LogP contribution < -0.4 is 10.6 Å². The van der Waals surface area contributed by atoms with Gasteiger partial charge in [0.05, 0.1) is 13.0 Å². The van der Waals surface area contributed by atoms with Crippen LogP contribution in [0.15, 0.2) is 0 Å². The van der Waals surface area contributed by atoms with Gasteiger partial charge in [-0.25, -0.2) is 9.59 Å². The maximum atomic E-state index is 11.2. The average Bonchev–Trinajstić information content (AvgIpc) is 2.25. The summed E-state index contributed by atoms with van der Waals surface area (Å²) in [4.78, 5) is 43.0. The third-order valence-electron chi connectivity index (χ3n) is 1.68. The predicted octanol–water partition coefficient (Wildman–Crippen LogP) is -1.22. The molecule has 0 radical (unpaired) electrons. The van der Waals surface area contributed by atoms with Crippen molar-refractivity contribution in [2.75, 3.05) is 13.2 Å². The van der Waals surface area contributed by atoms with Crippen LogP contribution in [-0.4, -0.2) is 53.3 Å². The number of carbonyl (C=O) groups is 4. The maximum absolute atomic E-state index is 11.2. The SMILES string of the molecule is CCOC(=O)CNC(=O)N[C@H](CC(=O)O)C(=O)O. The van der Waals surface area contributed by atoms with Crippen LogP contribution in [0.2, 0.25) is 0 Å². The molecule has 0 saturated heterocycles. The van der Waals surface area contributed by atoms with Gasteiger partial charge in [-0.3, -0.25) is 9.59 Å². The van der Waals surface area contributed by atoms with E-state index in [9.17, 15) is 19.2 Å². The first kappa shape index (κ1) is 15.7. The lowest BCUT2D eigenvalue weighted by molar-refractivity contribution is -0.145. The Kier molecular flexibility index (Phi) is 6.86. The zero-order chi connectivity index (χ0) is 14.1. The van der Waals surface area contributed by atoms with Crippen LogP contribution >= 0.6 is 0 Å². The van der Waals surface area contributed by atoms with Gasteiger partial charge in [0.15, 0.2) is 0 Å². The van der Waals surface area contributed by atoms with Crippen molar-refractivity contribution < 1.29 is 34.1 Å². The van der Waals surface area contributed by atoms with E-state index in [1.165, 1.54) is 0 Å². The van der Waals surface area contributed by atoms with Crippen LogP contribution in [0.3, 0.4) is 0 Å². The smallest absolute Gasteiger partial charge is 0.326 e. The highest BCUT2D eigenvalue weighted by Crippen LogP contribution is 1.92. The molecule has 2 amide bonds. The standard InChI is InChI=1S/C9H14N2O7/c1-2-18-7(14)4-10-9(17)11-5(8(15)16)3-6(12)13/h5H,2-4H2,1H3,(H,12,13)(H,15,16)(H2,10,11,17)/t5-/m1/s1. The minimum Gasteiger partial charge on any atom is -0.481 e. The number of esters is 1. The van der Waals surface area contributed by atoms with Gasteiger partial charge < -0.3 is 25.6 Å². The van der Waals surface area contributed by atoms with E-state index in [-0.39, 0.29) is 6.61 Å². The molecule has 0 fully saturated rings. The van der Waals surface area contributed by atoms with E-state index in [2.05, 4.69) is 4.74 Å². The van der Waals surface area contributed by atoms with Crippen LogP contribution in [0.4, 0.5) is 4.79 Å². The largest absolute Gasteiger partial charge is 0.481 e. The Labute approximate surface area is 102 Å². The first-order valence-corrected chi connectivity index (χ1v) is 5.01. The number of urea groups is 1. The molecule has 0 aliphatic rings. The predicted molar refractivity (Wildman–Crippen MR) is 56.8 cm³/mol. The second-order valence-corrected chi connectivity index (χ2v) is 3.12. The van der Waals surface area contributed by atoms with E-state index < -0.39 is 42.9 Å². The van der Waals surface area contributed by atoms with Gasteiger partial charge in [-0.15, -0.1) is 0 Å². The summed E-state index contributed by atoms with van der Waals surface area (Å²) in [6.07, 6.45) is -0.762. The van der Waals surface area contributed by atoms with Crippen molar-refractivity contribution in [3.63, 3.8) is 0 Å². The summed E-state index contributed by atoms with van der Waals surface area (Å²) in [7, 11) is 0. The van der Waals surface area contributed by atoms with Crippen LogP contribution in [0.5, 0.6) is 0 Å². The van der Waals surface area contributed by atoms with Crippen molar-refractivity contribution in [2.24, 2.45) is 0 Å². The van der Waals surface area contributed by atoms with E-state index in [0.717, 1.165) is 0 Å². The molecule has 0 aliphatic carbocycles. The first-order valence-electron chi connectivity index (χ1n) is 5.01. The summed E-state index contributed by atoms with van der Waals surface area (Å²) in [5, 5.41) is 21.0. The molecule has 102 valence electrons. The summed E-state index contributed by atoms with van der Waals surface area (Å²) in [5.41, 5.74) is 0. The number of amides is 2. The van der Waals surface area contributed by atoms with Gasteiger partial charge in [0.25, 0.3) is 0 Å². The molecule has 0 spiro atoms. The fourth-order valence-electron chi connectivity index (χ4n) is 0.948. The van der Waals surface area contributed by atoms with Crippen molar-refractivity contribution >= 4 is 23.9 Å². The molecule has 0 saturated carbocycles. The number of carbonyl (C=O) groups excluding carboxylic acids is 2. The highest BCUT2D eigenvalue weighted by molar-refractivity contribution is 5.87. The number of ether oxygens (including phenoxy) is 1. The molecule has 0 unspecified atom stereocenters. The average molecular weight is 262 g/mol. The number of aliphatic carboxylic acids is 2. The Morgan fingerprint density at radius 1 is 1.22 bits per heavy atom. The monoisotopic (exact) mass is 262 g/mol. The molecule has 18 heavy (non-hydrogen) atoms. The molecule has 0 bridgehead atoms. The lowest BCUT2D eigenvalue weighted by Crippen LogP contribution is -2.48. The van der Waals surface area contributed by atoms with Crippen molar-refractivity contribution in [2.45, 2.75) is 19.4 Å². The van der Waals surface area contributed by atoms with Crippen LogP contribution in [0, 0.1) is 0 Å². The van der Waals surface area contributed by atoms with Gasteiger partial charge in [0, 0.05) is 0 Å². The van der Waals surface area contributed by atoms with Crippen LogP contribution in [0.1, 0.15) is 13.3 Å². The maximum Gasteiger partial charge on any atom is 0.326 e. The Morgan fingerprint density at radius 3 is 2.28 bits per heavy atom. The lowest BCUT2D eigenvalue weighted by atomic mass is 10.2. The Hall–Kier alpha value is -2.32. The topological polar surface area (TPSA) is 142 Å². The van der Waals surface area contributed by atoms with Gasteiger partial charge in [-0.05, 0) is 6.92 Å². The molecule has 4 N–H and O–H groups in total. The normalized spacial score (nSPS) is 11.2. The zero-order valence-electron chi connectivity index (χ0n) is 9.63. The van der Waals surface area contributed by atoms with Gasteiger partial charge in [0.1, 0.15) is 12.6 Å². The first-order chi connectivity index (χ1) is 8.36. The highest BCUT2D eigenvalue weighted by Gasteiger charge is 2.23. The molecule has 0 aromatic rings. The van der Waals surface area contributed by atoms with Gasteiger partial charge in [0.2, 0.25) is 0 Å². The fourth-order valence-corrected chi connectivity index (χ4v) is 0.948. The summed E-state index contributed by atoms with van der Waals surface area (Å²) in [6.45, 7) is 1.31. The van der Waals surface area contributed by atoms with E-state index in [0.29, 0.717) is 0 Å². The van der Waals surface area contributed by atoms with Gasteiger partial charge >= 0.3 is 23.9 Å². The van der Waals surface area contributed by atoms with E-state index in [1.807, 2.05) is 10.6 Å². The van der Waals surface area contributed by atoms with E-state index >= 15 is 0 Å². The zero-order valence-corrected chi connectivity index (χ0v) is 9.63. The van der Waals surface area contributed by atoms with Crippen molar-refractivity contribution in [3.8, 4) is 0 Å². The number of carboxylic acids is 2. The quantitative estimate of drug-likeness (QED) is 0.421. The van der Waals surface area contributed by atoms with E-state index in [1.54, 1.807) is 6.92 Å². The van der Waals surface area contributed by atoms with Crippen molar-refractivity contribution in [3.05, 3.63) is 0 Å². The number of hydrogen-bond acceptors (Lipinski definition) is 5. The second kappa shape index (κ2) is 7.87. The molecule has 9 heteroatoms. The third-order valence-corrected chi connectivity index (χ3v) is 1.68. The van der Waals surface area contributed by atoms with Gasteiger partial charge in [-0.2, -0.15) is 0 Å².